The molecule has 2 aliphatic rings. The van der Waals surface area contributed by atoms with Crippen molar-refractivity contribution < 1.29 is 9.53 Å². The van der Waals surface area contributed by atoms with Gasteiger partial charge in [0, 0.05) is 18.5 Å². The van der Waals surface area contributed by atoms with E-state index in [0.717, 1.165) is 13.1 Å². The molecule has 3 unspecified atom stereocenters. The fourth-order valence-electron chi connectivity index (χ4n) is 2.32. The Morgan fingerprint density at radius 2 is 1.81 bits per heavy atom. The van der Waals surface area contributed by atoms with Crippen LogP contribution in [0.4, 0.5) is 0 Å². The lowest BCUT2D eigenvalue weighted by molar-refractivity contribution is -0.129. The molecule has 0 bridgehead atoms. The van der Waals surface area contributed by atoms with Crippen molar-refractivity contribution in [3.05, 3.63) is 0 Å². The summed E-state index contributed by atoms with van der Waals surface area (Å²) in [6, 6.07) is 0.0270. The number of Topliss-reactive ketones (excluding diaryl/α,β-unsaturated/α-hetero) is 1. The topological polar surface area (TPSA) is 53.7 Å². The highest BCUT2D eigenvalue weighted by molar-refractivity contribution is 5.89. The third kappa shape index (κ3) is 2.29. The Labute approximate surface area is 97.1 Å². The van der Waals surface area contributed by atoms with Gasteiger partial charge in [0.1, 0.15) is 6.10 Å². The summed E-state index contributed by atoms with van der Waals surface area (Å²) in [4.78, 5) is 12.3. The first-order valence-corrected chi connectivity index (χ1v) is 6.08. The molecule has 4 heteroatoms. The van der Waals surface area contributed by atoms with Crippen molar-refractivity contribution in [3.63, 3.8) is 0 Å². The average Bonchev–Trinajstić information content (AvgIpc) is 2.93. The quantitative estimate of drug-likeness (QED) is 0.666. The summed E-state index contributed by atoms with van der Waals surface area (Å²) >= 11 is 0. The molecule has 0 radical (unpaired) electrons. The van der Waals surface area contributed by atoms with Crippen molar-refractivity contribution >= 4 is 5.78 Å². The molecule has 2 saturated heterocycles. The molecular formula is C12H22N2O2. The van der Waals surface area contributed by atoms with Crippen LogP contribution in [0, 0.1) is 5.41 Å². The fraction of sp³-hybridized carbons (Fsp3) is 0.917. The van der Waals surface area contributed by atoms with Crippen LogP contribution in [0.1, 0.15) is 27.7 Å². The molecule has 16 heavy (non-hydrogen) atoms. The molecule has 0 aromatic rings. The van der Waals surface area contributed by atoms with Gasteiger partial charge in [-0.3, -0.25) is 4.79 Å². The Kier molecular flexibility index (Phi) is 3.07. The number of epoxide rings is 1. The van der Waals surface area contributed by atoms with Gasteiger partial charge >= 0.3 is 0 Å². The third-order valence-electron chi connectivity index (χ3n) is 3.36. The van der Waals surface area contributed by atoms with E-state index in [9.17, 15) is 4.79 Å². The van der Waals surface area contributed by atoms with Crippen LogP contribution in [0.25, 0.3) is 0 Å². The summed E-state index contributed by atoms with van der Waals surface area (Å²) in [6.45, 7) is 9.73. The number of hydrogen-bond donors (Lipinski definition) is 2. The molecule has 0 amide bonds. The zero-order valence-corrected chi connectivity index (χ0v) is 10.5. The predicted molar refractivity (Wildman–Crippen MR) is 62.4 cm³/mol. The van der Waals surface area contributed by atoms with Crippen molar-refractivity contribution in [1.29, 1.82) is 0 Å². The highest BCUT2D eigenvalue weighted by atomic mass is 16.6. The summed E-state index contributed by atoms with van der Waals surface area (Å²) in [5.74, 6) is 0.271. The van der Waals surface area contributed by atoms with Crippen LogP contribution < -0.4 is 10.6 Å². The molecule has 2 rings (SSSR count). The number of ether oxygens (including phenoxy) is 1. The monoisotopic (exact) mass is 226 g/mol. The standard InChI is InChI=1S/C12H22N2O2/c1-7-10(16-7)8-9(14-6-5-13-8)11(15)12(2,3)4/h7-10,13-14H,5-6H2,1-4H3/t7?,8?,9?,10-/m1/s1. The van der Waals surface area contributed by atoms with Gasteiger partial charge in [-0.1, -0.05) is 20.8 Å². The first-order valence-electron chi connectivity index (χ1n) is 6.08. The zero-order chi connectivity index (χ0) is 11.9. The van der Waals surface area contributed by atoms with Gasteiger partial charge in [-0.15, -0.1) is 0 Å². The van der Waals surface area contributed by atoms with E-state index in [1.807, 2.05) is 20.8 Å². The lowest BCUT2D eigenvalue weighted by Crippen LogP contribution is -2.63. The smallest absolute Gasteiger partial charge is 0.156 e. The van der Waals surface area contributed by atoms with E-state index in [1.165, 1.54) is 0 Å². The number of carbonyl (C=O) groups excluding carboxylic acids is 1. The number of carbonyl (C=O) groups is 1. The maximum Gasteiger partial charge on any atom is 0.156 e. The van der Waals surface area contributed by atoms with Gasteiger partial charge < -0.3 is 15.4 Å². The van der Waals surface area contributed by atoms with E-state index in [4.69, 9.17) is 4.74 Å². The first-order chi connectivity index (χ1) is 7.41. The summed E-state index contributed by atoms with van der Waals surface area (Å²) in [6.07, 6.45) is 0.483. The van der Waals surface area contributed by atoms with Crippen molar-refractivity contribution in [2.45, 2.75) is 52.0 Å². The highest BCUT2D eigenvalue weighted by Gasteiger charge is 2.49. The molecule has 0 aromatic carbocycles. The molecule has 2 aliphatic heterocycles. The second-order valence-corrected chi connectivity index (χ2v) is 5.83. The molecular weight excluding hydrogens is 204 g/mol. The molecule has 92 valence electrons. The average molecular weight is 226 g/mol. The van der Waals surface area contributed by atoms with Gasteiger partial charge in [0.15, 0.2) is 5.78 Å². The van der Waals surface area contributed by atoms with Crippen molar-refractivity contribution in [2.75, 3.05) is 13.1 Å². The molecule has 2 N–H and O–H groups in total. The van der Waals surface area contributed by atoms with Crippen LogP contribution in [0.3, 0.4) is 0 Å². The largest absolute Gasteiger partial charge is 0.368 e. The third-order valence-corrected chi connectivity index (χ3v) is 3.36. The summed E-state index contributed by atoms with van der Waals surface area (Å²) < 4.78 is 5.49. The minimum Gasteiger partial charge on any atom is -0.368 e. The lowest BCUT2D eigenvalue weighted by atomic mass is 9.82. The molecule has 0 aromatic heterocycles. The Morgan fingerprint density at radius 1 is 1.25 bits per heavy atom. The molecule has 4 atom stereocenters. The Balaban J connectivity index is 2.07. The van der Waals surface area contributed by atoms with E-state index >= 15 is 0 Å². The van der Waals surface area contributed by atoms with Crippen LogP contribution >= 0.6 is 0 Å². The molecule has 4 nitrogen and oxygen atoms in total. The van der Waals surface area contributed by atoms with Crippen LogP contribution in [-0.2, 0) is 9.53 Å². The molecule has 0 spiro atoms. The Hall–Kier alpha value is -0.450. The second kappa shape index (κ2) is 4.09. The van der Waals surface area contributed by atoms with Crippen molar-refractivity contribution in [2.24, 2.45) is 5.41 Å². The van der Waals surface area contributed by atoms with Gasteiger partial charge in [0.05, 0.1) is 18.2 Å². The van der Waals surface area contributed by atoms with Crippen LogP contribution in [0.5, 0.6) is 0 Å². The maximum atomic E-state index is 12.3. The molecule has 2 heterocycles. The van der Waals surface area contributed by atoms with Gasteiger partial charge in [0.2, 0.25) is 0 Å². The number of nitrogens with one attached hydrogen (secondary N) is 2. The molecule has 0 saturated carbocycles. The van der Waals surface area contributed by atoms with E-state index < -0.39 is 0 Å². The number of hydrogen-bond acceptors (Lipinski definition) is 4. The van der Waals surface area contributed by atoms with Gasteiger partial charge in [-0.2, -0.15) is 0 Å². The second-order valence-electron chi connectivity index (χ2n) is 5.83. The van der Waals surface area contributed by atoms with Crippen LogP contribution in [-0.4, -0.2) is 43.2 Å². The summed E-state index contributed by atoms with van der Waals surface area (Å²) in [5.41, 5.74) is -0.299. The Bertz CT molecular complexity index is 285. The zero-order valence-electron chi connectivity index (χ0n) is 10.5. The van der Waals surface area contributed by atoms with E-state index in [2.05, 4.69) is 17.6 Å². The number of piperazine rings is 1. The van der Waals surface area contributed by atoms with Gasteiger partial charge in [-0.05, 0) is 6.92 Å². The Morgan fingerprint density at radius 3 is 2.31 bits per heavy atom. The van der Waals surface area contributed by atoms with E-state index in [-0.39, 0.29) is 35.5 Å². The normalized spacial score (nSPS) is 39.5. The first kappa shape index (κ1) is 12.0. The SMILES string of the molecule is CC1O[C@H]1C1NCCNC1C(=O)C(C)(C)C. The van der Waals surface area contributed by atoms with Crippen molar-refractivity contribution in [3.8, 4) is 0 Å². The number of rotatable bonds is 2. The lowest BCUT2D eigenvalue weighted by Gasteiger charge is -2.35. The van der Waals surface area contributed by atoms with Gasteiger partial charge in [0.25, 0.3) is 0 Å². The van der Waals surface area contributed by atoms with Crippen LogP contribution in [0.15, 0.2) is 0 Å². The number of ketones is 1. The highest BCUT2D eigenvalue weighted by Crippen LogP contribution is 2.29. The molecule has 0 aliphatic carbocycles. The minimum atomic E-state index is -0.299. The minimum absolute atomic E-state index is 0.108. The molecule has 2 fully saturated rings. The summed E-state index contributed by atoms with van der Waals surface area (Å²) in [5, 5.41) is 6.73. The fourth-order valence-corrected chi connectivity index (χ4v) is 2.32. The van der Waals surface area contributed by atoms with Crippen LogP contribution in [0.2, 0.25) is 0 Å². The van der Waals surface area contributed by atoms with E-state index in [0.29, 0.717) is 0 Å². The van der Waals surface area contributed by atoms with Crippen molar-refractivity contribution in [1.82, 2.24) is 10.6 Å². The van der Waals surface area contributed by atoms with Gasteiger partial charge in [-0.25, -0.2) is 0 Å². The summed E-state index contributed by atoms with van der Waals surface area (Å²) in [7, 11) is 0. The maximum absolute atomic E-state index is 12.3. The van der Waals surface area contributed by atoms with E-state index in [1.54, 1.807) is 0 Å². The predicted octanol–water partition coefficient (Wildman–Crippen LogP) is 0.319.